The van der Waals surface area contributed by atoms with E-state index >= 15 is 0 Å². The van der Waals surface area contributed by atoms with Crippen molar-refractivity contribution < 1.29 is 59.1 Å². The zero-order valence-corrected chi connectivity index (χ0v) is 29.1. The molecule has 2 aromatic carbocycles. The third-order valence-electron chi connectivity index (χ3n) is 9.82. The number of nitrogens with zero attached hydrogens (tertiary/aromatic N) is 1. The van der Waals surface area contributed by atoms with Crippen LogP contribution in [0.3, 0.4) is 0 Å². The molecule has 4 fully saturated rings. The number of halogens is 1. The third-order valence-corrected chi connectivity index (χ3v) is 10.2. The molecule has 14 nitrogen and oxygen atoms in total. The number of aliphatic hydroxyl groups excluding tert-OH is 5. The van der Waals surface area contributed by atoms with Gasteiger partial charge in [-0.05, 0) is 80.7 Å². The van der Waals surface area contributed by atoms with E-state index in [1.807, 2.05) is 12.1 Å². The number of benzene rings is 2. The summed E-state index contributed by atoms with van der Waals surface area (Å²) in [6.45, 7) is 5.12. The first kappa shape index (κ1) is 37.3. The van der Waals surface area contributed by atoms with Gasteiger partial charge in [0.05, 0.1) is 11.7 Å². The second kappa shape index (κ2) is 16.1. The lowest BCUT2D eigenvalue weighted by atomic mass is 9.83. The molecule has 3 heterocycles. The summed E-state index contributed by atoms with van der Waals surface area (Å²) in [6.07, 6.45) is -4.32. The average Bonchev–Trinajstić information content (AvgIpc) is 3.73. The second-order valence-electron chi connectivity index (χ2n) is 13.3. The number of anilines is 1. The molecule has 7 N–H and O–H groups in total. The maximum absolute atomic E-state index is 12.9. The molecule has 6 rings (SSSR count). The molecule has 3 aliphatic heterocycles. The van der Waals surface area contributed by atoms with Crippen LogP contribution < -0.4 is 19.7 Å². The van der Waals surface area contributed by atoms with Gasteiger partial charge < -0.3 is 64.5 Å². The van der Waals surface area contributed by atoms with Gasteiger partial charge in [0.25, 0.3) is 0 Å². The van der Waals surface area contributed by atoms with E-state index in [0.717, 1.165) is 31.6 Å². The van der Waals surface area contributed by atoms with E-state index in [1.165, 1.54) is 31.6 Å². The molecule has 1 amide bonds. The van der Waals surface area contributed by atoms with Crippen molar-refractivity contribution in [3.05, 3.63) is 64.2 Å². The summed E-state index contributed by atoms with van der Waals surface area (Å²) in [5.41, 5.74) is 2.12. The van der Waals surface area contributed by atoms with Gasteiger partial charge in [-0.25, -0.2) is 0 Å². The number of carbonyl (C=O) groups is 1. The van der Waals surface area contributed by atoms with Gasteiger partial charge in [-0.2, -0.15) is 0 Å². The van der Waals surface area contributed by atoms with Crippen LogP contribution in [-0.4, -0.2) is 124 Å². The Bertz CT molecular complexity index is 1620. The molecule has 0 bridgehead atoms. The number of amides is 1. The topological polar surface area (TPSA) is 200 Å². The molecule has 0 aromatic heterocycles. The molecule has 15 heteroatoms. The average molecular weight is 733 g/mol. The molecule has 0 spiro atoms. The number of aliphatic hydroxyl groups is 5. The van der Waals surface area contributed by atoms with E-state index in [1.54, 1.807) is 25.1 Å². The fraction of sp³-hybridized carbons (Fsp3) is 0.528. The van der Waals surface area contributed by atoms with E-state index in [2.05, 4.69) is 10.2 Å². The SMILES string of the molecule is CC(=Cc1ccc(O[C@@H]2O[C@H](C(C)=CCOc3cccc(N4CCCCC4)c3Cl)[C@@H](O)[C@@H]2O)c(O)c1)C(=O)N[C@@H]1[C@H](O)[C@@H](O)[C@H]2OCO[C@H]2[C@@H]1O. The van der Waals surface area contributed by atoms with Gasteiger partial charge in [0.1, 0.15) is 73.0 Å². The van der Waals surface area contributed by atoms with Crippen LogP contribution in [-0.2, 0) is 19.0 Å². The monoisotopic (exact) mass is 732 g/mol. The van der Waals surface area contributed by atoms with Crippen molar-refractivity contribution >= 4 is 29.3 Å². The van der Waals surface area contributed by atoms with Gasteiger partial charge in [-0.15, -0.1) is 0 Å². The molecular formula is C36H45ClN2O12. The number of phenolic OH excluding ortho intramolecular Hbond substituents is 1. The molecule has 3 saturated heterocycles. The molecule has 51 heavy (non-hydrogen) atoms. The minimum atomic E-state index is -1.50. The Morgan fingerprint density at radius 3 is 2.39 bits per heavy atom. The summed E-state index contributed by atoms with van der Waals surface area (Å²) in [6, 6.07) is 8.77. The first-order valence-electron chi connectivity index (χ1n) is 17.1. The van der Waals surface area contributed by atoms with Crippen molar-refractivity contribution in [1.82, 2.24) is 5.32 Å². The van der Waals surface area contributed by atoms with Gasteiger partial charge in [0.15, 0.2) is 11.5 Å². The number of carbonyl (C=O) groups excluding carboxylic acids is 1. The van der Waals surface area contributed by atoms with Crippen LogP contribution in [0.25, 0.3) is 6.08 Å². The molecule has 1 aliphatic carbocycles. The van der Waals surface area contributed by atoms with Crippen molar-refractivity contribution in [2.24, 2.45) is 0 Å². The largest absolute Gasteiger partial charge is 0.504 e. The Kier molecular flexibility index (Phi) is 11.8. The predicted molar refractivity (Wildman–Crippen MR) is 184 cm³/mol. The van der Waals surface area contributed by atoms with E-state index in [4.69, 9.17) is 35.3 Å². The van der Waals surface area contributed by atoms with Crippen LogP contribution in [0.2, 0.25) is 5.02 Å². The van der Waals surface area contributed by atoms with Gasteiger partial charge in [0, 0.05) is 18.7 Å². The summed E-state index contributed by atoms with van der Waals surface area (Å²) in [7, 11) is 0. The number of ether oxygens (including phenoxy) is 5. The number of fused-ring (bicyclic) bond motifs is 1. The second-order valence-corrected chi connectivity index (χ2v) is 13.7. The highest BCUT2D eigenvalue weighted by Gasteiger charge is 2.53. The number of rotatable bonds is 10. The van der Waals surface area contributed by atoms with Crippen LogP contribution >= 0.6 is 11.6 Å². The maximum Gasteiger partial charge on any atom is 0.247 e. The Hall–Kier alpha value is -3.44. The fourth-order valence-electron chi connectivity index (χ4n) is 6.87. The summed E-state index contributed by atoms with van der Waals surface area (Å²) in [5.74, 6) is -0.444. The van der Waals surface area contributed by atoms with E-state index < -0.39 is 67.1 Å². The van der Waals surface area contributed by atoms with Gasteiger partial charge >= 0.3 is 0 Å². The van der Waals surface area contributed by atoms with Crippen molar-refractivity contribution in [3.63, 3.8) is 0 Å². The van der Waals surface area contributed by atoms with E-state index in [-0.39, 0.29) is 30.5 Å². The van der Waals surface area contributed by atoms with Crippen LogP contribution in [0.1, 0.15) is 38.7 Å². The maximum atomic E-state index is 12.9. The quantitative estimate of drug-likeness (QED) is 0.138. The highest BCUT2D eigenvalue weighted by Crippen LogP contribution is 2.37. The summed E-state index contributed by atoms with van der Waals surface area (Å²) in [4.78, 5) is 15.2. The third kappa shape index (κ3) is 7.99. The lowest BCUT2D eigenvalue weighted by Gasteiger charge is -2.41. The first-order chi connectivity index (χ1) is 24.4. The molecule has 10 atom stereocenters. The van der Waals surface area contributed by atoms with Crippen molar-refractivity contribution in [2.45, 2.75) is 94.3 Å². The molecule has 2 aromatic rings. The van der Waals surface area contributed by atoms with E-state index in [0.29, 0.717) is 21.9 Å². The molecule has 1 saturated carbocycles. The highest BCUT2D eigenvalue weighted by atomic mass is 35.5. The molecule has 4 aliphatic rings. The van der Waals surface area contributed by atoms with Crippen LogP contribution in [0.15, 0.2) is 53.6 Å². The van der Waals surface area contributed by atoms with Gasteiger partial charge in [-0.3, -0.25) is 4.79 Å². The zero-order chi connectivity index (χ0) is 36.4. The predicted octanol–water partition coefficient (Wildman–Crippen LogP) is 1.61. The number of phenols is 1. The summed E-state index contributed by atoms with van der Waals surface area (Å²) >= 11 is 6.67. The number of aromatic hydroxyl groups is 1. The Balaban J connectivity index is 1.04. The standard InChI is InChI=1S/C36H45ClN2O12/c1-18(11-14-47-24-8-6-7-21(25(24)37)39-12-4-3-5-13-39)32-30(44)31(45)36(51-32)50-23-10-9-20(16-22(23)40)15-19(2)35(46)38-26-27(41)29(43)34-33(28(26)42)48-17-49-34/h6-11,15-16,26-34,36,40-45H,3-5,12-14,17H2,1-2H3,(H,38,46)/t26-,27+,28-,29-,30+,31+,32-,33+,34-,36-/m1/s1. The van der Waals surface area contributed by atoms with E-state index in [9.17, 15) is 35.4 Å². The lowest BCUT2D eigenvalue weighted by Crippen LogP contribution is -2.67. The Morgan fingerprint density at radius 1 is 0.941 bits per heavy atom. The molecule has 0 unspecified atom stereocenters. The summed E-state index contributed by atoms with van der Waals surface area (Å²) in [5, 5.41) is 66.7. The molecule has 278 valence electrons. The zero-order valence-electron chi connectivity index (χ0n) is 28.3. The van der Waals surface area contributed by atoms with Crippen LogP contribution in [0.4, 0.5) is 5.69 Å². The van der Waals surface area contributed by atoms with Crippen molar-refractivity contribution in [2.75, 3.05) is 31.4 Å². The van der Waals surface area contributed by atoms with Gasteiger partial charge in [0.2, 0.25) is 12.2 Å². The first-order valence-corrected chi connectivity index (χ1v) is 17.4. The van der Waals surface area contributed by atoms with Crippen LogP contribution in [0.5, 0.6) is 17.2 Å². The Labute approximate surface area is 300 Å². The smallest absolute Gasteiger partial charge is 0.247 e. The minimum absolute atomic E-state index is 0.0323. The minimum Gasteiger partial charge on any atom is -0.504 e. The fourth-order valence-corrected chi connectivity index (χ4v) is 7.17. The van der Waals surface area contributed by atoms with Crippen molar-refractivity contribution in [3.8, 4) is 17.2 Å². The number of hydrogen-bond acceptors (Lipinski definition) is 13. The molecule has 0 radical (unpaired) electrons. The normalized spacial score (nSPS) is 32.8. The lowest BCUT2D eigenvalue weighted by molar-refractivity contribution is -0.155. The summed E-state index contributed by atoms with van der Waals surface area (Å²) < 4.78 is 28.1. The van der Waals surface area contributed by atoms with Crippen LogP contribution in [0, 0.1) is 0 Å². The highest BCUT2D eigenvalue weighted by molar-refractivity contribution is 6.34. The van der Waals surface area contributed by atoms with Crippen molar-refractivity contribution in [1.29, 1.82) is 0 Å². The Morgan fingerprint density at radius 2 is 1.67 bits per heavy atom. The molecular weight excluding hydrogens is 688 g/mol. The number of nitrogens with one attached hydrogen (secondary N) is 1. The number of hydrogen-bond donors (Lipinski definition) is 7. The van der Waals surface area contributed by atoms with Gasteiger partial charge in [-0.1, -0.05) is 23.7 Å². The number of piperidine rings is 1.